The summed E-state index contributed by atoms with van der Waals surface area (Å²) in [4.78, 5) is 16.1. The molecule has 32 heavy (non-hydrogen) atoms. The summed E-state index contributed by atoms with van der Waals surface area (Å²) in [6.45, 7) is 0. The van der Waals surface area contributed by atoms with Gasteiger partial charge in [-0.05, 0) is 36.4 Å². The molecule has 0 atom stereocenters. The molecule has 1 N–H and O–H groups in total. The molecule has 0 spiro atoms. The van der Waals surface area contributed by atoms with E-state index in [2.05, 4.69) is 4.98 Å². The van der Waals surface area contributed by atoms with Crippen molar-refractivity contribution in [1.82, 2.24) is 4.98 Å². The Hall–Kier alpha value is -3.13. The number of hydrogen-bond acceptors (Lipinski definition) is 5. The summed E-state index contributed by atoms with van der Waals surface area (Å²) in [5, 5.41) is 8.50. The molecule has 6 nitrogen and oxygen atoms in total. The molecule has 1 aromatic heterocycles. The van der Waals surface area contributed by atoms with Gasteiger partial charge in [-0.3, -0.25) is 9.52 Å². The molecule has 0 saturated heterocycles. The molecular formula is C20H10Cl2F3N3O3S. The van der Waals surface area contributed by atoms with E-state index in [1.807, 2.05) is 10.8 Å². The van der Waals surface area contributed by atoms with Gasteiger partial charge in [0.2, 0.25) is 5.78 Å². The molecule has 3 aromatic rings. The van der Waals surface area contributed by atoms with E-state index in [1.54, 1.807) is 0 Å². The van der Waals surface area contributed by atoms with Crippen LogP contribution in [-0.2, 0) is 16.2 Å². The van der Waals surface area contributed by atoms with Crippen molar-refractivity contribution in [3.8, 4) is 6.07 Å². The summed E-state index contributed by atoms with van der Waals surface area (Å²) < 4.78 is 67.0. The number of anilines is 1. The highest BCUT2D eigenvalue weighted by Gasteiger charge is 2.34. The lowest BCUT2D eigenvalue weighted by molar-refractivity contribution is -0.137. The number of carbonyl (C=O) groups excluding carboxylic acids is 1. The third-order valence-corrected chi connectivity index (χ3v) is 6.06. The molecule has 0 unspecified atom stereocenters. The van der Waals surface area contributed by atoms with E-state index in [-0.39, 0.29) is 21.8 Å². The largest absolute Gasteiger partial charge is 0.417 e. The quantitative estimate of drug-likeness (QED) is 0.479. The summed E-state index contributed by atoms with van der Waals surface area (Å²) in [6, 6.07) is 10.7. The number of halogens is 5. The van der Waals surface area contributed by atoms with Crippen molar-refractivity contribution in [2.45, 2.75) is 11.1 Å². The summed E-state index contributed by atoms with van der Waals surface area (Å²) in [5.74, 6) is -0.788. The molecule has 0 saturated carbocycles. The number of benzene rings is 2. The molecule has 0 aliphatic rings. The summed E-state index contributed by atoms with van der Waals surface area (Å²) in [6.07, 6.45) is -3.80. The number of sulfonamides is 1. The molecule has 0 fully saturated rings. The first-order chi connectivity index (χ1) is 14.9. The monoisotopic (exact) mass is 499 g/mol. The van der Waals surface area contributed by atoms with Gasteiger partial charge in [0, 0.05) is 11.8 Å². The molecule has 12 heteroatoms. The average Bonchev–Trinajstić information content (AvgIpc) is 2.72. The number of ketones is 1. The number of aromatic nitrogens is 1. The zero-order valence-corrected chi connectivity index (χ0v) is 17.9. The van der Waals surface area contributed by atoms with Crippen molar-refractivity contribution in [2.75, 3.05) is 4.72 Å². The molecule has 1 heterocycles. The van der Waals surface area contributed by atoms with Crippen molar-refractivity contribution in [3.63, 3.8) is 0 Å². The first kappa shape index (κ1) is 23.5. The maximum atomic E-state index is 13.1. The van der Waals surface area contributed by atoms with Gasteiger partial charge in [-0.2, -0.15) is 18.4 Å². The fourth-order valence-electron chi connectivity index (χ4n) is 2.70. The van der Waals surface area contributed by atoms with Crippen LogP contribution in [0.2, 0.25) is 10.0 Å². The van der Waals surface area contributed by atoms with E-state index >= 15 is 0 Å². The third kappa shape index (κ3) is 4.85. The van der Waals surface area contributed by atoms with E-state index in [4.69, 9.17) is 23.2 Å². The maximum Gasteiger partial charge on any atom is 0.417 e. The summed E-state index contributed by atoms with van der Waals surface area (Å²) >= 11 is 11.4. The number of alkyl halides is 3. The molecule has 0 amide bonds. The number of nitrogens with zero attached hydrogens (tertiary/aromatic N) is 2. The van der Waals surface area contributed by atoms with Gasteiger partial charge in [-0.1, -0.05) is 35.3 Å². The van der Waals surface area contributed by atoms with Crippen LogP contribution >= 0.6 is 23.2 Å². The van der Waals surface area contributed by atoms with Crippen molar-refractivity contribution in [3.05, 3.63) is 87.2 Å². The van der Waals surface area contributed by atoms with E-state index in [0.29, 0.717) is 6.07 Å². The van der Waals surface area contributed by atoms with Gasteiger partial charge >= 0.3 is 6.18 Å². The fraction of sp³-hybridized carbons (Fsp3) is 0.0500. The molecular weight excluding hydrogens is 490 g/mol. The highest BCUT2D eigenvalue weighted by molar-refractivity contribution is 7.92. The number of nitriles is 1. The highest BCUT2D eigenvalue weighted by Crippen LogP contribution is 2.36. The lowest BCUT2D eigenvalue weighted by Gasteiger charge is -2.14. The van der Waals surface area contributed by atoms with Crippen LogP contribution in [0.15, 0.2) is 59.6 Å². The van der Waals surface area contributed by atoms with E-state index < -0.39 is 43.2 Å². The second kappa shape index (κ2) is 8.78. The van der Waals surface area contributed by atoms with Gasteiger partial charge in [0.1, 0.15) is 5.69 Å². The van der Waals surface area contributed by atoms with Crippen molar-refractivity contribution in [1.29, 1.82) is 5.26 Å². The minimum atomic E-state index is -4.89. The lowest BCUT2D eigenvalue weighted by Crippen LogP contribution is -2.18. The van der Waals surface area contributed by atoms with E-state index in [0.717, 1.165) is 24.4 Å². The third-order valence-electron chi connectivity index (χ3n) is 4.16. The zero-order chi connectivity index (χ0) is 23.7. The van der Waals surface area contributed by atoms with Crippen LogP contribution in [0.1, 0.15) is 27.2 Å². The Morgan fingerprint density at radius 3 is 2.44 bits per heavy atom. The van der Waals surface area contributed by atoms with Crippen LogP contribution in [0.3, 0.4) is 0 Å². The van der Waals surface area contributed by atoms with Crippen LogP contribution in [0.4, 0.5) is 18.9 Å². The number of rotatable bonds is 5. The van der Waals surface area contributed by atoms with Crippen molar-refractivity contribution >= 4 is 44.7 Å². The minimum absolute atomic E-state index is 0.0237. The molecule has 0 aliphatic heterocycles. The molecule has 2 aromatic carbocycles. The maximum absolute atomic E-state index is 13.1. The number of pyridine rings is 1. The zero-order valence-electron chi connectivity index (χ0n) is 15.6. The SMILES string of the molecule is N#Cc1ccccc1C(=O)c1ncc(Cl)cc1NS(=O)(=O)c1ccc(Cl)c(C(F)(F)F)c1. The normalized spacial score (nSPS) is 11.6. The van der Waals surface area contributed by atoms with Crippen LogP contribution in [-0.4, -0.2) is 19.2 Å². The van der Waals surface area contributed by atoms with E-state index in [9.17, 15) is 31.6 Å². The first-order valence-electron chi connectivity index (χ1n) is 8.53. The van der Waals surface area contributed by atoms with Gasteiger partial charge in [-0.15, -0.1) is 0 Å². The molecule has 164 valence electrons. The average molecular weight is 500 g/mol. The number of carbonyl (C=O) groups is 1. The molecule has 0 bridgehead atoms. The number of hydrogen-bond donors (Lipinski definition) is 1. The van der Waals surface area contributed by atoms with Gasteiger partial charge in [-0.25, -0.2) is 13.4 Å². The fourth-order valence-corrected chi connectivity index (χ4v) is 4.16. The Balaban J connectivity index is 2.08. The minimum Gasteiger partial charge on any atom is -0.287 e. The topological polar surface area (TPSA) is 99.9 Å². The van der Waals surface area contributed by atoms with E-state index in [1.165, 1.54) is 24.3 Å². The summed E-state index contributed by atoms with van der Waals surface area (Å²) in [5.41, 5.74) is -2.14. The number of nitrogens with one attached hydrogen (secondary N) is 1. The predicted molar refractivity (Wildman–Crippen MR) is 111 cm³/mol. The van der Waals surface area contributed by atoms with Gasteiger partial charge in [0.15, 0.2) is 0 Å². The first-order valence-corrected chi connectivity index (χ1v) is 10.8. The molecule has 0 radical (unpaired) electrons. The van der Waals surface area contributed by atoms with Gasteiger partial charge in [0.05, 0.1) is 37.8 Å². The second-order valence-electron chi connectivity index (χ2n) is 6.28. The Bertz CT molecular complexity index is 1370. The standard InChI is InChI=1S/C20H10Cl2F3N3O3S/c21-12-7-17(18(27-10-12)19(29)14-4-2-1-3-11(14)9-26)28-32(30,31)13-5-6-16(22)15(8-13)20(23,24)25/h1-8,10,28H. The Morgan fingerprint density at radius 2 is 1.78 bits per heavy atom. The Kier molecular flexibility index (Phi) is 6.46. The highest BCUT2D eigenvalue weighted by atomic mass is 35.5. The smallest absolute Gasteiger partial charge is 0.287 e. The van der Waals surface area contributed by atoms with Crippen molar-refractivity contribution < 1.29 is 26.4 Å². The van der Waals surface area contributed by atoms with Gasteiger partial charge < -0.3 is 0 Å². The predicted octanol–water partition coefficient (Wildman–Crippen LogP) is 5.31. The lowest BCUT2D eigenvalue weighted by atomic mass is 10.0. The summed E-state index contributed by atoms with van der Waals surface area (Å²) in [7, 11) is -4.61. The van der Waals surface area contributed by atoms with Crippen LogP contribution in [0.25, 0.3) is 0 Å². The van der Waals surface area contributed by atoms with Crippen LogP contribution in [0, 0.1) is 11.3 Å². The second-order valence-corrected chi connectivity index (χ2v) is 8.81. The molecule has 3 rings (SSSR count). The van der Waals surface area contributed by atoms with Gasteiger partial charge in [0.25, 0.3) is 10.0 Å². The van der Waals surface area contributed by atoms with Crippen molar-refractivity contribution in [2.24, 2.45) is 0 Å². The Morgan fingerprint density at radius 1 is 1.09 bits per heavy atom. The Labute approximate surface area is 190 Å². The van der Waals surface area contributed by atoms with Crippen LogP contribution < -0.4 is 4.72 Å². The van der Waals surface area contributed by atoms with Crippen LogP contribution in [0.5, 0.6) is 0 Å². The molecule has 0 aliphatic carbocycles.